The van der Waals surface area contributed by atoms with Crippen molar-refractivity contribution in [3.8, 4) is 0 Å². The van der Waals surface area contributed by atoms with Gasteiger partial charge in [-0.25, -0.2) is 4.98 Å². The Morgan fingerprint density at radius 3 is 2.86 bits per heavy atom. The number of rotatable bonds is 2. The van der Waals surface area contributed by atoms with Gasteiger partial charge in [-0.15, -0.1) is 10.2 Å². The van der Waals surface area contributed by atoms with Crippen molar-refractivity contribution < 1.29 is 0 Å². The first-order valence-electron chi connectivity index (χ1n) is 3.39. The van der Waals surface area contributed by atoms with Crippen LogP contribution in [0.2, 0.25) is 10.3 Å². The molecular formula is C6H2Cl2N4S2. The van der Waals surface area contributed by atoms with Gasteiger partial charge in [0.05, 0.1) is 4.90 Å². The van der Waals surface area contributed by atoms with Crippen LogP contribution >= 0.6 is 46.5 Å². The van der Waals surface area contributed by atoms with E-state index in [0.29, 0.717) is 10.3 Å². The molecule has 0 aliphatic rings. The van der Waals surface area contributed by atoms with E-state index in [2.05, 4.69) is 19.6 Å². The van der Waals surface area contributed by atoms with Gasteiger partial charge in [-0.1, -0.05) is 35.0 Å². The largest absolute Gasteiger partial charge is 0.216 e. The summed E-state index contributed by atoms with van der Waals surface area (Å²) in [7, 11) is 0. The molecule has 72 valence electrons. The van der Waals surface area contributed by atoms with E-state index >= 15 is 0 Å². The van der Waals surface area contributed by atoms with Gasteiger partial charge < -0.3 is 0 Å². The third-order valence-corrected chi connectivity index (χ3v) is 3.55. The lowest BCUT2D eigenvalue weighted by Gasteiger charge is -1.98. The molecule has 14 heavy (non-hydrogen) atoms. The molecule has 0 saturated carbocycles. The van der Waals surface area contributed by atoms with Crippen LogP contribution in [0.3, 0.4) is 0 Å². The molecule has 0 aliphatic heterocycles. The highest BCUT2D eigenvalue weighted by atomic mass is 35.5. The normalized spacial score (nSPS) is 10.4. The van der Waals surface area contributed by atoms with E-state index in [-0.39, 0.29) is 0 Å². The molecule has 0 atom stereocenters. The number of nitrogens with zero attached hydrogens (tertiary/aromatic N) is 4. The monoisotopic (exact) mass is 264 g/mol. The van der Waals surface area contributed by atoms with Crippen LogP contribution in [0.25, 0.3) is 0 Å². The predicted molar refractivity (Wildman–Crippen MR) is 56.1 cm³/mol. The zero-order valence-corrected chi connectivity index (χ0v) is 9.66. The molecule has 0 unspecified atom stereocenters. The summed E-state index contributed by atoms with van der Waals surface area (Å²) >= 11 is 14.1. The molecule has 0 radical (unpaired) electrons. The fourth-order valence-corrected chi connectivity index (χ4v) is 2.54. The second-order valence-corrected chi connectivity index (χ2v) is 4.95. The molecule has 2 heterocycles. The first-order valence-corrected chi connectivity index (χ1v) is 5.73. The van der Waals surface area contributed by atoms with Crippen LogP contribution in [-0.2, 0) is 0 Å². The highest BCUT2D eigenvalue weighted by Gasteiger charge is 2.07. The number of aromatic nitrogens is 4. The van der Waals surface area contributed by atoms with Gasteiger partial charge in [-0.05, 0) is 17.6 Å². The van der Waals surface area contributed by atoms with Crippen molar-refractivity contribution in [3.05, 3.63) is 22.7 Å². The summed E-state index contributed by atoms with van der Waals surface area (Å²) in [6, 6.07) is 1.64. The Labute approximate surface area is 97.8 Å². The molecular weight excluding hydrogens is 263 g/mol. The lowest BCUT2D eigenvalue weighted by Crippen LogP contribution is -1.85. The topological polar surface area (TPSA) is 51.6 Å². The van der Waals surface area contributed by atoms with E-state index in [1.165, 1.54) is 29.6 Å². The minimum Gasteiger partial charge on any atom is -0.216 e. The van der Waals surface area contributed by atoms with E-state index in [4.69, 9.17) is 23.2 Å². The molecule has 0 aliphatic carbocycles. The van der Waals surface area contributed by atoms with Crippen LogP contribution in [0, 0.1) is 0 Å². The first-order chi connectivity index (χ1) is 6.75. The summed E-state index contributed by atoms with van der Waals surface area (Å²) in [6.45, 7) is 0. The quantitative estimate of drug-likeness (QED) is 0.835. The molecule has 8 heteroatoms. The van der Waals surface area contributed by atoms with Crippen molar-refractivity contribution in [1.29, 1.82) is 0 Å². The van der Waals surface area contributed by atoms with Gasteiger partial charge >= 0.3 is 0 Å². The lowest BCUT2D eigenvalue weighted by atomic mass is 10.6. The Bertz CT molecular complexity index is 433. The maximum Gasteiger partial charge on any atom is 0.174 e. The Morgan fingerprint density at radius 2 is 2.14 bits per heavy atom. The minimum absolute atomic E-state index is 0.307. The third-order valence-electron chi connectivity index (χ3n) is 1.23. The fraction of sp³-hybridized carbons (Fsp3) is 0. The Balaban J connectivity index is 2.28. The zero-order valence-electron chi connectivity index (χ0n) is 6.52. The molecule has 0 saturated heterocycles. The maximum absolute atomic E-state index is 5.82. The van der Waals surface area contributed by atoms with Gasteiger partial charge in [0, 0.05) is 0 Å². The highest BCUT2D eigenvalue weighted by molar-refractivity contribution is 8.01. The molecule has 4 nitrogen and oxygen atoms in total. The summed E-state index contributed by atoms with van der Waals surface area (Å²) in [5, 5.41) is 7.91. The van der Waals surface area contributed by atoms with E-state index in [1.807, 2.05) is 0 Å². The molecule has 0 spiro atoms. The standard InChI is InChI=1S/C6H2Cl2N4S2/c7-4-1-3(5(8)12-11-4)13-6-9-2-10-14-6/h1-2H. The van der Waals surface area contributed by atoms with Crippen molar-refractivity contribution >= 4 is 46.5 Å². The lowest BCUT2D eigenvalue weighted by molar-refractivity contribution is 0.997. The van der Waals surface area contributed by atoms with Gasteiger partial charge in [-0.3, -0.25) is 0 Å². The maximum atomic E-state index is 5.82. The molecule has 0 fully saturated rings. The van der Waals surface area contributed by atoms with Gasteiger partial charge in [0.2, 0.25) is 0 Å². The van der Waals surface area contributed by atoms with Crippen molar-refractivity contribution in [1.82, 2.24) is 19.6 Å². The molecule has 0 bridgehead atoms. The van der Waals surface area contributed by atoms with Crippen LogP contribution in [-0.4, -0.2) is 19.6 Å². The van der Waals surface area contributed by atoms with Crippen LogP contribution in [0.1, 0.15) is 0 Å². The smallest absolute Gasteiger partial charge is 0.174 e. The number of hydrogen-bond donors (Lipinski definition) is 0. The van der Waals surface area contributed by atoms with E-state index in [0.717, 1.165) is 9.24 Å². The van der Waals surface area contributed by atoms with Crippen LogP contribution < -0.4 is 0 Å². The molecule has 2 rings (SSSR count). The van der Waals surface area contributed by atoms with Gasteiger partial charge in [0.1, 0.15) is 6.33 Å². The SMILES string of the molecule is Clc1cc(Sc2ncns2)c(Cl)nn1. The van der Waals surface area contributed by atoms with E-state index in [1.54, 1.807) is 6.07 Å². The predicted octanol–water partition coefficient (Wildman–Crippen LogP) is 2.79. The second kappa shape index (κ2) is 4.39. The molecule has 2 aromatic rings. The van der Waals surface area contributed by atoms with Crippen LogP contribution in [0.4, 0.5) is 0 Å². The van der Waals surface area contributed by atoms with Gasteiger partial charge in [-0.2, -0.15) is 4.37 Å². The van der Waals surface area contributed by atoms with Crippen LogP contribution in [0.5, 0.6) is 0 Å². The summed E-state index contributed by atoms with van der Waals surface area (Å²) in [5.41, 5.74) is 0. The molecule has 0 aromatic carbocycles. The number of halogens is 2. The fourth-order valence-electron chi connectivity index (χ4n) is 0.711. The average Bonchev–Trinajstić information content (AvgIpc) is 2.64. The van der Waals surface area contributed by atoms with E-state index < -0.39 is 0 Å². The Kier molecular flexibility index (Phi) is 3.17. The number of hydrogen-bond acceptors (Lipinski definition) is 6. The molecule has 0 amide bonds. The van der Waals surface area contributed by atoms with Crippen molar-refractivity contribution in [2.75, 3.05) is 0 Å². The van der Waals surface area contributed by atoms with Crippen molar-refractivity contribution in [2.45, 2.75) is 9.24 Å². The van der Waals surface area contributed by atoms with E-state index in [9.17, 15) is 0 Å². The summed E-state index contributed by atoms with van der Waals surface area (Å²) < 4.78 is 4.66. The average molecular weight is 265 g/mol. The Hall–Kier alpha value is -0.430. The molecule has 0 N–H and O–H groups in total. The second-order valence-electron chi connectivity index (χ2n) is 2.13. The summed E-state index contributed by atoms with van der Waals surface area (Å²) in [6.07, 6.45) is 1.48. The van der Waals surface area contributed by atoms with Crippen LogP contribution in [0.15, 0.2) is 21.6 Å². The van der Waals surface area contributed by atoms with Crippen molar-refractivity contribution in [3.63, 3.8) is 0 Å². The summed E-state index contributed by atoms with van der Waals surface area (Å²) in [5.74, 6) is 0. The summed E-state index contributed by atoms with van der Waals surface area (Å²) in [4.78, 5) is 4.73. The van der Waals surface area contributed by atoms with Crippen molar-refractivity contribution in [2.24, 2.45) is 0 Å². The first kappa shape index (κ1) is 10.1. The van der Waals surface area contributed by atoms with Gasteiger partial charge in [0.15, 0.2) is 14.6 Å². The van der Waals surface area contributed by atoms with Gasteiger partial charge in [0.25, 0.3) is 0 Å². The Morgan fingerprint density at radius 1 is 1.29 bits per heavy atom. The zero-order chi connectivity index (χ0) is 9.97. The third kappa shape index (κ3) is 2.33. The minimum atomic E-state index is 0.307. The molecule has 2 aromatic heterocycles. The highest BCUT2D eigenvalue weighted by Crippen LogP contribution is 2.33.